The van der Waals surface area contributed by atoms with Crippen molar-refractivity contribution in [3.63, 3.8) is 0 Å². The summed E-state index contributed by atoms with van der Waals surface area (Å²) in [7, 11) is 0. The molecule has 0 bridgehead atoms. The molecule has 1 rings (SSSR count). The molecule has 1 aromatic heterocycles. The first kappa shape index (κ1) is 10.7. The minimum absolute atomic E-state index is 0.794. The molecular weight excluding hydrogens is 178 g/mol. The molecular formula is C11H19NS. The van der Waals surface area contributed by atoms with E-state index < -0.39 is 0 Å². The monoisotopic (exact) mass is 197 g/mol. The quantitative estimate of drug-likeness (QED) is 0.739. The number of aryl methyl sites for hydroxylation is 1. The average Bonchev–Trinajstić information content (AvgIpc) is 2.64. The Balaban J connectivity index is 2.11. The zero-order valence-electron chi connectivity index (χ0n) is 8.55. The summed E-state index contributed by atoms with van der Waals surface area (Å²) in [5.41, 5.74) is 0. The Labute approximate surface area is 85.2 Å². The lowest BCUT2D eigenvalue weighted by Gasteiger charge is -2.10. The van der Waals surface area contributed by atoms with Crippen LogP contribution in [0.2, 0.25) is 0 Å². The van der Waals surface area contributed by atoms with Gasteiger partial charge in [0.15, 0.2) is 0 Å². The second-order valence-corrected chi connectivity index (χ2v) is 4.56. The zero-order valence-corrected chi connectivity index (χ0v) is 9.36. The SMILES string of the molecule is CCNCC(C)CCc1cccs1. The van der Waals surface area contributed by atoms with E-state index >= 15 is 0 Å². The van der Waals surface area contributed by atoms with Crippen LogP contribution < -0.4 is 5.32 Å². The van der Waals surface area contributed by atoms with Gasteiger partial charge < -0.3 is 5.32 Å². The maximum absolute atomic E-state index is 3.38. The summed E-state index contributed by atoms with van der Waals surface area (Å²) in [5, 5.41) is 5.54. The number of hydrogen-bond donors (Lipinski definition) is 1. The fourth-order valence-corrected chi connectivity index (χ4v) is 2.06. The van der Waals surface area contributed by atoms with Gasteiger partial charge in [0, 0.05) is 4.88 Å². The highest BCUT2D eigenvalue weighted by atomic mass is 32.1. The Kier molecular flexibility index (Phi) is 5.09. The van der Waals surface area contributed by atoms with Crippen LogP contribution in [-0.2, 0) is 6.42 Å². The molecule has 2 heteroatoms. The van der Waals surface area contributed by atoms with Gasteiger partial charge in [-0.1, -0.05) is 19.9 Å². The van der Waals surface area contributed by atoms with Gasteiger partial charge in [0.2, 0.25) is 0 Å². The number of thiophene rings is 1. The minimum atomic E-state index is 0.794. The summed E-state index contributed by atoms with van der Waals surface area (Å²) in [6.45, 7) is 6.72. The summed E-state index contributed by atoms with van der Waals surface area (Å²) in [6, 6.07) is 4.36. The van der Waals surface area contributed by atoms with Crippen molar-refractivity contribution in [2.45, 2.75) is 26.7 Å². The van der Waals surface area contributed by atoms with Crippen molar-refractivity contribution in [1.29, 1.82) is 0 Å². The predicted octanol–water partition coefficient (Wildman–Crippen LogP) is 2.93. The Hall–Kier alpha value is -0.340. The highest BCUT2D eigenvalue weighted by molar-refractivity contribution is 7.09. The van der Waals surface area contributed by atoms with E-state index in [1.54, 1.807) is 0 Å². The van der Waals surface area contributed by atoms with Crippen LogP contribution in [0.25, 0.3) is 0 Å². The molecule has 0 radical (unpaired) electrons. The third kappa shape index (κ3) is 4.44. The summed E-state index contributed by atoms with van der Waals surface area (Å²) in [5.74, 6) is 0.794. The van der Waals surface area contributed by atoms with E-state index in [1.165, 1.54) is 17.7 Å². The van der Waals surface area contributed by atoms with Gasteiger partial charge in [-0.15, -0.1) is 11.3 Å². The molecule has 13 heavy (non-hydrogen) atoms. The van der Waals surface area contributed by atoms with Gasteiger partial charge in [-0.3, -0.25) is 0 Å². The van der Waals surface area contributed by atoms with Gasteiger partial charge in [-0.05, 0) is 43.3 Å². The second-order valence-electron chi connectivity index (χ2n) is 3.53. The number of nitrogens with one attached hydrogen (secondary N) is 1. The van der Waals surface area contributed by atoms with Crippen molar-refractivity contribution in [2.24, 2.45) is 5.92 Å². The highest BCUT2D eigenvalue weighted by Gasteiger charge is 2.01. The van der Waals surface area contributed by atoms with Crippen LogP contribution in [0.1, 0.15) is 25.1 Å². The third-order valence-corrected chi connectivity index (χ3v) is 3.14. The molecule has 1 nitrogen and oxygen atoms in total. The van der Waals surface area contributed by atoms with E-state index in [4.69, 9.17) is 0 Å². The molecule has 0 saturated carbocycles. The lowest BCUT2D eigenvalue weighted by Crippen LogP contribution is -2.20. The first-order valence-corrected chi connectivity index (χ1v) is 5.94. The van der Waals surface area contributed by atoms with Crippen molar-refractivity contribution in [3.05, 3.63) is 22.4 Å². The van der Waals surface area contributed by atoms with Crippen LogP contribution in [0.15, 0.2) is 17.5 Å². The van der Waals surface area contributed by atoms with Crippen molar-refractivity contribution < 1.29 is 0 Å². The zero-order chi connectivity index (χ0) is 9.52. The van der Waals surface area contributed by atoms with Crippen molar-refractivity contribution in [3.8, 4) is 0 Å². The van der Waals surface area contributed by atoms with Gasteiger partial charge in [-0.25, -0.2) is 0 Å². The molecule has 0 amide bonds. The Morgan fingerprint density at radius 2 is 2.38 bits per heavy atom. The van der Waals surface area contributed by atoms with Gasteiger partial charge in [0.1, 0.15) is 0 Å². The molecule has 1 unspecified atom stereocenters. The van der Waals surface area contributed by atoms with Gasteiger partial charge >= 0.3 is 0 Å². The molecule has 1 heterocycles. The molecule has 0 aliphatic carbocycles. The molecule has 74 valence electrons. The van der Waals surface area contributed by atoms with Crippen LogP contribution in [0.4, 0.5) is 0 Å². The first-order valence-electron chi connectivity index (χ1n) is 5.06. The Bertz CT molecular complexity index is 206. The van der Waals surface area contributed by atoms with Crippen LogP contribution in [0, 0.1) is 5.92 Å². The summed E-state index contributed by atoms with van der Waals surface area (Å²) >= 11 is 1.87. The molecule has 0 aliphatic rings. The first-order chi connectivity index (χ1) is 6.33. The molecule has 1 aromatic rings. The molecule has 1 N–H and O–H groups in total. The Morgan fingerprint density at radius 1 is 1.54 bits per heavy atom. The Morgan fingerprint density at radius 3 is 3.00 bits per heavy atom. The molecule has 0 aliphatic heterocycles. The topological polar surface area (TPSA) is 12.0 Å². The van der Waals surface area contributed by atoms with Gasteiger partial charge in [0.25, 0.3) is 0 Å². The standard InChI is InChI=1S/C11H19NS/c1-3-12-9-10(2)6-7-11-5-4-8-13-11/h4-5,8,10,12H,3,6-7,9H2,1-2H3. The number of rotatable bonds is 6. The maximum Gasteiger partial charge on any atom is 0.00453 e. The van der Waals surface area contributed by atoms with Crippen molar-refractivity contribution >= 4 is 11.3 Å². The van der Waals surface area contributed by atoms with Crippen molar-refractivity contribution in [1.82, 2.24) is 5.32 Å². The normalized spacial score (nSPS) is 13.1. The van der Waals surface area contributed by atoms with E-state index in [0.29, 0.717) is 0 Å². The van der Waals surface area contributed by atoms with Crippen LogP contribution in [0.3, 0.4) is 0 Å². The van der Waals surface area contributed by atoms with E-state index in [1.807, 2.05) is 11.3 Å². The maximum atomic E-state index is 3.38. The minimum Gasteiger partial charge on any atom is -0.317 e. The summed E-state index contributed by atoms with van der Waals surface area (Å²) in [6.07, 6.45) is 2.54. The second kappa shape index (κ2) is 6.17. The summed E-state index contributed by atoms with van der Waals surface area (Å²) in [4.78, 5) is 1.52. The highest BCUT2D eigenvalue weighted by Crippen LogP contribution is 2.13. The smallest absolute Gasteiger partial charge is 0.00453 e. The largest absolute Gasteiger partial charge is 0.317 e. The fourth-order valence-electron chi connectivity index (χ4n) is 1.34. The van der Waals surface area contributed by atoms with E-state index in [2.05, 4.69) is 36.7 Å². The molecule has 0 spiro atoms. The van der Waals surface area contributed by atoms with Crippen LogP contribution in [-0.4, -0.2) is 13.1 Å². The molecule has 1 atom stereocenters. The van der Waals surface area contributed by atoms with Crippen LogP contribution >= 0.6 is 11.3 Å². The average molecular weight is 197 g/mol. The lowest BCUT2D eigenvalue weighted by atomic mass is 10.1. The number of hydrogen-bond acceptors (Lipinski definition) is 2. The van der Waals surface area contributed by atoms with E-state index in [9.17, 15) is 0 Å². The van der Waals surface area contributed by atoms with E-state index in [-0.39, 0.29) is 0 Å². The van der Waals surface area contributed by atoms with Gasteiger partial charge in [-0.2, -0.15) is 0 Å². The fraction of sp³-hybridized carbons (Fsp3) is 0.636. The van der Waals surface area contributed by atoms with Gasteiger partial charge in [0.05, 0.1) is 0 Å². The summed E-state index contributed by atoms with van der Waals surface area (Å²) < 4.78 is 0. The molecule has 0 fully saturated rings. The van der Waals surface area contributed by atoms with E-state index in [0.717, 1.165) is 19.0 Å². The lowest BCUT2D eigenvalue weighted by molar-refractivity contribution is 0.491. The molecule has 0 aromatic carbocycles. The van der Waals surface area contributed by atoms with Crippen LogP contribution in [0.5, 0.6) is 0 Å². The predicted molar refractivity (Wildman–Crippen MR) is 60.3 cm³/mol. The third-order valence-electron chi connectivity index (χ3n) is 2.21. The molecule has 0 saturated heterocycles. The van der Waals surface area contributed by atoms with Crippen molar-refractivity contribution in [2.75, 3.05) is 13.1 Å².